The van der Waals surface area contributed by atoms with Crippen LogP contribution < -0.4 is 10.2 Å². The smallest absolute Gasteiger partial charge is 0.251 e. The molecule has 5 rings (SSSR count). The molecule has 0 spiro atoms. The first kappa shape index (κ1) is 25.2. The van der Waals surface area contributed by atoms with Gasteiger partial charge in [0, 0.05) is 36.9 Å². The molecule has 36 heavy (non-hydrogen) atoms. The molecule has 0 aliphatic carbocycles. The van der Waals surface area contributed by atoms with E-state index < -0.39 is 0 Å². The Kier molecular flexibility index (Phi) is 8.91. The lowest BCUT2D eigenvalue weighted by Crippen LogP contribution is -2.47. The molecule has 0 aromatic heterocycles. The Labute approximate surface area is 216 Å². The average Bonchev–Trinajstić information content (AvgIpc) is 2.97. The molecule has 3 aliphatic heterocycles. The summed E-state index contributed by atoms with van der Waals surface area (Å²) in [6.07, 6.45) is 7.78. The highest BCUT2D eigenvalue weighted by molar-refractivity contribution is 5.94. The maximum Gasteiger partial charge on any atom is 0.251 e. The first-order chi connectivity index (χ1) is 17.8. The number of amides is 1. The number of carbonyl (C=O) groups excluding carboxylic acids is 1. The van der Waals surface area contributed by atoms with Gasteiger partial charge < -0.3 is 24.8 Å². The van der Waals surface area contributed by atoms with E-state index in [0.717, 1.165) is 63.0 Å². The van der Waals surface area contributed by atoms with Crippen molar-refractivity contribution in [1.82, 2.24) is 15.1 Å². The SMILES string of the molecule is O=C(NCCCN1CCC(N2CCCCC2)CC1)c1ccc(-c2cccc(N3CCOCC3)c2)cc1. The Morgan fingerprint density at radius 3 is 2.36 bits per heavy atom. The number of hydrogen-bond donors (Lipinski definition) is 1. The second-order valence-corrected chi connectivity index (χ2v) is 10.5. The van der Waals surface area contributed by atoms with Gasteiger partial charge in [0.1, 0.15) is 0 Å². The first-order valence-electron chi connectivity index (χ1n) is 14.0. The second-order valence-electron chi connectivity index (χ2n) is 10.5. The molecular formula is C30H42N4O2. The number of ether oxygens (including phenoxy) is 1. The van der Waals surface area contributed by atoms with Crippen molar-refractivity contribution in [3.8, 4) is 11.1 Å². The van der Waals surface area contributed by atoms with Crippen molar-refractivity contribution in [1.29, 1.82) is 0 Å². The number of nitrogens with one attached hydrogen (secondary N) is 1. The summed E-state index contributed by atoms with van der Waals surface area (Å²) >= 11 is 0. The van der Waals surface area contributed by atoms with Crippen LogP contribution in [-0.4, -0.2) is 87.3 Å². The van der Waals surface area contributed by atoms with Crippen molar-refractivity contribution in [2.24, 2.45) is 0 Å². The number of piperidine rings is 2. The third kappa shape index (κ3) is 6.67. The molecule has 194 valence electrons. The zero-order valence-corrected chi connectivity index (χ0v) is 21.7. The normalized spacial score (nSPS) is 20.4. The van der Waals surface area contributed by atoms with E-state index >= 15 is 0 Å². The van der Waals surface area contributed by atoms with E-state index in [1.807, 2.05) is 12.1 Å². The second kappa shape index (κ2) is 12.7. The third-order valence-electron chi connectivity index (χ3n) is 8.10. The van der Waals surface area contributed by atoms with Gasteiger partial charge in [0.2, 0.25) is 0 Å². The van der Waals surface area contributed by atoms with Gasteiger partial charge in [-0.15, -0.1) is 0 Å². The standard InChI is InChI=1S/C30H42N4O2/c35-30(31-14-5-15-32-18-12-28(13-19-32)33-16-2-1-3-17-33)26-10-8-25(9-11-26)27-6-4-7-29(24-27)34-20-22-36-23-21-34/h4,6-11,24,28H,1-3,5,12-23H2,(H,31,35). The van der Waals surface area contributed by atoms with Gasteiger partial charge >= 0.3 is 0 Å². The molecule has 0 atom stereocenters. The summed E-state index contributed by atoms with van der Waals surface area (Å²) in [6.45, 7) is 10.2. The molecule has 0 unspecified atom stereocenters. The summed E-state index contributed by atoms with van der Waals surface area (Å²) in [4.78, 5) is 20.3. The topological polar surface area (TPSA) is 48.1 Å². The lowest BCUT2D eigenvalue weighted by atomic mass is 10.00. The summed E-state index contributed by atoms with van der Waals surface area (Å²) in [5.41, 5.74) is 4.27. The van der Waals surface area contributed by atoms with Crippen molar-refractivity contribution in [2.45, 2.75) is 44.6 Å². The van der Waals surface area contributed by atoms with Gasteiger partial charge in [-0.25, -0.2) is 0 Å². The molecule has 3 heterocycles. The van der Waals surface area contributed by atoms with Crippen molar-refractivity contribution in [3.05, 3.63) is 54.1 Å². The van der Waals surface area contributed by atoms with Crippen LogP contribution in [0.5, 0.6) is 0 Å². The van der Waals surface area contributed by atoms with Crippen LogP contribution in [0.1, 0.15) is 48.9 Å². The molecule has 3 fully saturated rings. The molecule has 0 bridgehead atoms. The molecule has 1 N–H and O–H groups in total. The highest BCUT2D eigenvalue weighted by atomic mass is 16.5. The van der Waals surface area contributed by atoms with Crippen LogP contribution in [0.2, 0.25) is 0 Å². The monoisotopic (exact) mass is 490 g/mol. The Morgan fingerprint density at radius 1 is 0.861 bits per heavy atom. The molecule has 3 saturated heterocycles. The number of nitrogens with zero attached hydrogens (tertiary/aromatic N) is 3. The number of morpholine rings is 1. The fourth-order valence-electron chi connectivity index (χ4n) is 5.92. The van der Waals surface area contributed by atoms with Crippen LogP contribution in [0, 0.1) is 0 Å². The van der Waals surface area contributed by atoms with Crippen LogP contribution in [0.3, 0.4) is 0 Å². The first-order valence-corrected chi connectivity index (χ1v) is 14.0. The van der Waals surface area contributed by atoms with Crippen molar-refractivity contribution in [3.63, 3.8) is 0 Å². The Bertz CT molecular complexity index is 959. The zero-order chi connectivity index (χ0) is 24.6. The fourth-order valence-corrected chi connectivity index (χ4v) is 5.92. The van der Waals surface area contributed by atoms with Crippen LogP contribution in [-0.2, 0) is 4.74 Å². The summed E-state index contributed by atoms with van der Waals surface area (Å²) in [7, 11) is 0. The Hall–Kier alpha value is -2.41. The van der Waals surface area contributed by atoms with Crippen molar-refractivity contribution >= 4 is 11.6 Å². The maximum absolute atomic E-state index is 12.7. The van der Waals surface area contributed by atoms with Gasteiger partial charge in [0.25, 0.3) is 5.91 Å². The zero-order valence-electron chi connectivity index (χ0n) is 21.7. The third-order valence-corrected chi connectivity index (χ3v) is 8.10. The number of carbonyl (C=O) groups is 1. The predicted octanol–water partition coefficient (Wildman–Crippen LogP) is 4.26. The van der Waals surface area contributed by atoms with E-state index in [2.05, 4.69) is 56.4 Å². The van der Waals surface area contributed by atoms with Gasteiger partial charge in [-0.1, -0.05) is 30.7 Å². The van der Waals surface area contributed by atoms with Gasteiger partial charge in [-0.05, 0) is 100 Å². The van der Waals surface area contributed by atoms with Crippen molar-refractivity contribution in [2.75, 3.05) is 70.5 Å². The molecule has 6 nitrogen and oxygen atoms in total. The van der Waals surface area contributed by atoms with Gasteiger partial charge in [0.15, 0.2) is 0 Å². The summed E-state index contributed by atoms with van der Waals surface area (Å²) < 4.78 is 5.48. The van der Waals surface area contributed by atoms with E-state index in [0.29, 0.717) is 0 Å². The van der Waals surface area contributed by atoms with E-state index in [-0.39, 0.29) is 5.91 Å². The minimum atomic E-state index is 0.0208. The fraction of sp³-hybridized carbons (Fsp3) is 0.567. The quantitative estimate of drug-likeness (QED) is 0.561. The van der Waals surface area contributed by atoms with Gasteiger partial charge in [0.05, 0.1) is 13.2 Å². The number of anilines is 1. The predicted molar refractivity (Wildman–Crippen MR) is 147 cm³/mol. The lowest BCUT2D eigenvalue weighted by molar-refractivity contribution is 0.0903. The van der Waals surface area contributed by atoms with Crippen LogP contribution in [0.4, 0.5) is 5.69 Å². The molecule has 2 aromatic rings. The minimum Gasteiger partial charge on any atom is -0.378 e. The van der Waals surface area contributed by atoms with E-state index in [1.165, 1.54) is 69.5 Å². The molecular weight excluding hydrogens is 448 g/mol. The number of benzene rings is 2. The molecule has 3 aliphatic rings. The number of hydrogen-bond acceptors (Lipinski definition) is 5. The van der Waals surface area contributed by atoms with Crippen LogP contribution in [0.25, 0.3) is 11.1 Å². The van der Waals surface area contributed by atoms with Crippen LogP contribution in [0.15, 0.2) is 48.5 Å². The summed E-state index contributed by atoms with van der Waals surface area (Å²) in [5.74, 6) is 0.0208. The number of rotatable bonds is 8. The maximum atomic E-state index is 12.7. The van der Waals surface area contributed by atoms with E-state index in [1.54, 1.807) is 0 Å². The molecule has 0 saturated carbocycles. The summed E-state index contributed by atoms with van der Waals surface area (Å²) in [6, 6.07) is 17.4. The van der Waals surface area contributed by atoms with Crippen LogP contribution >= 0.6 is 0 Å². The summed E-state index contributed by atoms with van der Waals surface area (Å²) in [5, 5.41) is 3.12. The van der Waals surface area contributed by atoms with Crippen molar-refractivity contribution < 1.29 is 9.53 Å². The van der Waals surface area contributed by atoms with E-state index in [4.69, 9.17) is 4.74 Å². The highest BCUT2D eigenvalue weighted by Gasteiger charge is 2.25. The Morgan fingerprint density at radius 2 is 1.61 bits per heavy atom. The molecule has 2 aromatic carbocycles. The molecule has 6 heteroatoms. The van der Waals surface area contributed by atoms with Gasteiger partial charge in [-0.3, -0.25) is 4.79 Å². The molecule has 0 radical (unpaired) electrons. The lowest BCUT2D eigenvalue weighted by Gasteiger charge is -2.40. The minimum absolute atomic E-state index is 0.0208. The van der Waals surface area contributed by atoms with E-state index in [9.17, 15) is 4.79 Å². The Balaban J connectivity index is 1.04. The average molecular weight is 491 g/mol. The van der Waals surface area contributed by atoms with Gasteiger partial charge in [-0.2, -0.15) is 0 Å². The molecule has 1 amide bonds. The number of likely N-dealkylation sites (tertiary alicyclic amines) is 2. The largest absolute Gasteiger partial charge is 0.378 e. The highest BCUT2D eigenvalue weighted by Crippen LogP contribution is 2.26.